The zero-order chi connectivity index (χ0) is 16.5. The number of sulfone groups is 1. The lowest BCUT2D eigenvalue weighted by Gasteiger charge is -2.23. The summed E-state index contributed by atoms with van der Waals surface area (Å²) in [6, 6.07) is 3.87. The number of aromatic amines is 1. The second kappa shape index (κ2) is 6.25. The maximum atomic E-state index is 12.0. The van der Waals surface area contributed by atoms with Crippen LogP contribution in [0.4, 0.5) is 0 Å². The van der Waals surface area contributed by atoms with Gasteiger partial charge in [0.25, 0.3) is 0 Å². The van der Waals surface area contributed by atoms with E-state index in [0.717, 1.165) is 4.88 Å². The molecular formula is C13H16N4O3S3. The van der Waals surface area contributed by atoms with Crippen molar-refractivity contribution in [2.24, 2.45) is 0 Å². The van der Waals surface area contributed by atoms with Crippen molar-refractivity contribution in [3.63, 3.8) is 0 Å². The predicted octanol–water partition coefficient (Wildman–Crippen LogP) is 1.32. The van der Waals surface area contributed by atoms with E-state index >= 15 is 0 Å². The number of aromatic nitrogens is 3. The number of H-pyrrole nitrogens is 1. The Bertz CT molecular complexity index is 800. The molecule has 3 rings (SSSR count). The first-order chi connectivity index (χ1) is 10.9. The number of thioether (sulfide) groups is 1. The summed E-state index contributed by atoms with van der Waals surface area (Å²) in [4.78, 5) is 17.3. The number of hydrogen-bond acceptors (Lipinski definition) is 7. The molecule has 0 saturated carbocycles. The summed E-state index contributed by atoms with van der Waals surface area (Å²) in [6.45, 7) is 1.77. The maximum Gasteiger partial charge on any atom is 0.230 e. The predicted molar refractivity (Wildman–Crippen MR) is 90.2 cm³/mol. The largest absolute Gasteiger partial charge is 0.349 e. The molecule has 1 amide bonds. The summed E-state index contributed by atoms with van der Waals surface area (Å²) in [5.74, 6) is 0.743. The Balaban J connectivity index is 1.54. The highest BCUT2D eigenvalue weighted by atomic mass is 32.2. The van der Waals surface area contributed by atoms with Crippen molar-refractivity contribution in [3.8, 4) is 10.7 Å². The second-order valence-electron chi connectivity index (χ2n) is 5.68. The van der Waals surface area contributed by atoms with Crippen LogP contribution in [0, 0.1) is 0 Å². The first-order valence-electron chi connectivity index (χ1n) is 6.96. The number of carbonyl (C=O) groups excluding carboxylic acids is 1. The van der Waals surface area contributed by atoms with Crippen LogP contribution in [0.25, 0.3) is 10.7 Å². The molecular weight excluding hydrogens is 356 g/mol. The molecule has 2 aromatic heterocycles. The minimum Gasteiger partial charge on any atom is -0.349 e. The van der Waals surface area contributed by atoms with E-state index in [0.29, 0.717) is 17.4 Å². The summed E-state index contributed by atoms with van der Waals surface area (Å²) >= 11 is 2.77. The van der Waals surface area contributed by atoms with Crippen molar-refractivity contribution in [3.05, 3.63) is 17.5 Å². The molecule has 1 aliphatic heterocycles. The Hall–Kier alpha value is -1.39. The van der Waals surface area contributed by atoms with Gasteiger partial charge in [0.1, 0.15) is 0 Å². The summed E-state index contributed by atoms with van der Waals surface area (Å²) in [5.41, 5.74) is -0.669. The van der Waals surface area contributed by atoms with E-state index in [-0.39, 0.29) is 23.2 Å². The highest BCUT2D eigenvalue weighted by Crippen LogP contribution is 2.25. The van der Waals surface area contributed by atoms with Gasteiger partial charge in [-0.25, -0.2) is 13.4 Å². The SMILES string of the molecule is C[C@]1(NC(=O)CSc2n[nH]c(-c3cccs3)n2)CCS(=O)(=O)C1. The van der Waals surface area contributed by atoms with E-state index in [2.05, 4.69) is 20.5 Å². The quantitative estimate of drug-likeness (QED) is 0.767. The van der Waals surface area contributed by atoms with E-state index in [1.54, 1.807) is 18.3 Å². The zero-order valence-corrected chi connectivity index (χ0v) is 14.9. The second-order valence-corrected chi connectivity index (χ2v) is 9.76. The van der Waals surface area contributed by atoms with Crippen molar-refractivity contribution >= 4 is 38.8 Å². The van der Waals surface area contributed by atoms with Crippen LogP contribution in [0.5, 0.6) is 0 Å². The fraction of sp³-hybridized carbons (Fsp3) is 0.462. The first-order valence-corrected chi connectivity index (χ1v) is 10.6. The molecule has 0 spiro atoms. The maximum absolute atomic E-state index is 12.0. The van der Waals surface area contributed by atoms with Crippen LogP contribution in [0.2, 0.25) is 0 Å². The Kier molecular flexibility index (Phi) is 4.47. The molecule has 0 aliphatic carbocycles. The van der Waals surface area contributed by atoms with Crippen LogP contribution in [-0.4, -0.2) is 52.3 Å². The molecule has 1 atom stereocenters. The topological polar surface area (TPSA) is 105 Å². The molecule has 1 saturated heterocycles. The van der Waals surface area contributed by atoms with Gasteiger partial charge in [-0.05, 0) is 24.8 Å². The van der Waals surface area contributed by atoms with E-state index in [1.165, 1.54) is 11.8 Å². The molecule has 1 aliphatic rings. The summed E-state index contributed by atoms with van der Waals surface area (Å²) < 4.78 is 23.1. The summed E-state index contributed by atoms with van der Waals surface area (Å²) in [5, 5.41) is 12.2. The Morgan fingerprint density at radius 1 is 1.57 bits per heavy atom. The Morgan fingerprint density at radius 3 is 3.04 bits per heavy atom. The Morgan fingerprint density at radius 2 is 2.39 bits per heavy atom. The van der Waals surface area contributed by atoms with Gasteiger partial charge >= 0.3 is 0 Å². The molecule has 3 heterocycles. The highest BCUT2D eigenvalue weighted by Gasteiger charge is 2.39. The van der Waals surface area contributed by atoms with Gasteiger partial charge in [-0.1, -0.05) is 17.8 Å². The molecule has 2 N–H and O–H groups in total. The van der Waals surface area contributed by atoms with Crippen LogP contribution < -0.4 is 5.32 Å². The summed E-state index contributed by atoms with van der Waals surface area (Å²) in [6.07, 6.45) is 0.453. The van der Waals surface area contributed by atoms with Crippen LogP contribution in [-0.2, 0) is 14.6 Å². The molecule has 23 heavy (non-hydrogen) atoms. The van der Waals surface area contributed by atoms with E-state index in [4.69, 9.17) is 0 Å². The van der Waals surface area contributed by atoms with E-state index in [9.17, 15) is 13.2 Å². The zero-order valence-electron chi connectivity index (χ0n) is 12.4. The molecule has 2 aromatic rings. The Labute approximate surface area is 142 Å². The van der Waals surface area contributed by atoms with Gasteiger partial charge < -0.3 is 5.32 Å². The normalized spacial score (nSPS) is 23.0. The van der Waals surface area contributed by atoms with Gasteiger partial charge in [-0.2, -0.15) is 0 Å². The number of nitrogens with one attached hydrogen (secondary N) is 2. The van der Waals surface area contributed by atoms with Crippen LogP contribution in [0.1, 0.15) is 13.3 Å². The molecule has 10 heteroatoms. The van der Waals surface area contributed by atoms with Gasteiger partial charge in [-0.3, -0.25) is 9.89 Å². The summed E-state index contributed by atoms with van der Waals surface area (Å²) in [7, 11) is -3.04. The monoisotopic (exact) mass is 372 g/mol. The number of amides is 1. The molecule has 7 nitrogen and oxygen atoms in total. The van der Waals surface area contributed by atoms with E-state index in [1.807, 2.05) is 17.5 Å². The number of carbonyl (C=O) groups is 1. The molecule has 0 unspecified atom stereocenters. The molecule has 0 aromatic carbocycles. The minimum absolute atomic E-state index is 0.000409. The van der Waals surface area contributed by atoms with Crippen molar-refractivity contribution in [2.75, 3.05) is 17.3 Å². The number of rotatable bonds is 5. The third kappa shape index (κ3) is 4.12. The van der Waals surface area contributed by atoms with Crippen molar-refractivity contribution in [1.29, 1.82) is 0 Å². The molecule has 0 bridgehead atoms. The number of nitrogens with zero attached hydrogens (tertiary/aromatic N) is 2. The van der Waals surface area contributed by atoms with E-state index < -0.39 is 15.4 Å². The van der Waals surface area contributed by atoms with Crippen LogP contribution >= 0.6 is 23.1 Å². The average molecular weight is 372 g/mol. The van der Waals surface area contributed by atoms with Gasteiger partial charge in [-0.15, -0.1) is 16.4 Å². The third-order valence-corrected chi connectivity index (χ3v) is 7.12. The molecule has 124 valence electrons. The minimum atomic E-state index is -3.04. The molecule has 0 radical (unpaired) electrons. The highest BCUT2D eigenvalue weighted by molar-refractivity contribution is 7.99. The number of hydrogen-bond donors (Lipinski definition) is 2. The lowest BCUT2D eigenvalue weighted by molar-refractivity contribution is -0.120. The van der Waals surface area contributed by atoms with Crippen LogP contribution in [0.15, 0.2) is 22.7 Å². The lowest BCUT2D eigenvalue weighted by atomic mass is 10.0. The number of thiophene rings is 1. The van der Waals surface area contributed by atoms with Gasteiger partial charge in [0.2, 0.25) is 11.1 Å². The standard InChI is InChI=1S/C13H16N4O3S3/c1-13(4-6-23(19,20)8-13)15-10(18)7-22-12-14-11(16-17-12)9-3-2-5-21-9/h2-3,5H,4,6-8H2,1H3,(H,15,18)(H,14,16,17)/t13-/m0/s1. The molecule has 1 fully saturated rings. The van der Waals surface area contributed by atoms with Gasteiger partial charge in [0.15, 0.2) is 15.7 Å². The first kappa shape index (κ1) is 16.5. The van der Waals surface area contributed by atoms with Gasteiger partial charge in [0, 0.05) is 0 Å². The lowest BCUT2D eigenvalue weighted by Crippen LogP contribution is -2.47. The van der Waals surface area contributed by atoms with Crippen molar-refractivity contribution in [1.82, 2.24) is 20.5 Å². The third-order valence-electron chi connectivity index (χ3n) is 3.50. The van der Waals surface area contributed by atoms with Crippen LogP contribution in [0.3, 0.4) is 0 Å². The van der Waals surface area contributed by atoms with Crippen molar-refractivity contribution < 1.29 is 13.2 Å². The average Bonchev–Trinajstić information content (AvgIpc) is 3.17. The fourth-order valence-corrected chi connectivity index (χ4v) is 5.80. The van der Waals surface area contributed by atoms with Gasteiger partial charge in [0.05, 0.1) is 27.7 Å². The van der Waals surface area contributed by atoms with Crippen molar-refractivity contribution in [2.45, 2.75) is 24.0 Å². The fourth-order valence-electron chi connectivity index (χ4n) is 2.45. The smallest absolute Gasteiger partial charge is 0.230 e.